The van der Waals surface area contributed by atoms with Crippen molar-refractivity contribution in [3.63, 3.8) is 0 Å². The number of rotatable bonds is 7. The number of ether oxygens (including phenoxy) is 1. The third kappa shape index (κ3) is 4.84. The van der Waals surface area contributed by atoms with Crippen molar-refractivity contribution in [2.24, 2.45) is 0 Å². The number of aromatic nitrogens is 3. The molecule has 1 heterocycles. The van der Waals surface area contributed by atoms with Crippen molar-refractivity contribution in [2.75, 3.05) is 30.9 Å². The molecule has 1 amide bonds. The van der Waals surface area contributed by atoms with Crippen molar-refractivity contribution in [1.29, 1.82) is 0 Å². The minimum atomic E-state index is -0.0797. The highest BCUT2D eigenvalue weighted by molar-refractivity contribution is 5.92. The summed E-state index contributed by atoms with van der Waals surface area (Å²) in [5, 5.41) is 7.33. The molecular formula is C20H23N5O2. The topological polar surface area (TPSA) is 72.3 Å². The van der Waals surface area contributed by atoms with Gasteiger partial charge in [0.2, 0.25) is 11.9 Å². The summed E-state index contributed by atoms with van der Waals surface area (Å²) < 4.78 is 7.09. The van der Waals surface area contributed by atoms with Crippen molar-refractivity contribution in [3.05, 3.63) is 60.4 Å². The number of anilines is 2. The van der Waals surface area contributed by atoms with Gasteiger partial charge in [-0.15, -0.1) is 5.10 Å². The van der Waals surface area contributed by atoms with Gasteiger partial charge >= 0.3 is 0 Å². The second kappa shape index (κ2) is 8.35. The van der Waals surface area contributed by atoms with Gasteiger partial charge in [-0.2, -0.15) is 4.98 Å². The average Bonchev–Trinajstić information content (AvgIpc) is 3.14. The van der Waals surface area contributed by atoms with Crippen LogP contribution in [-0.2, 0) is 11.2 Å². The molecule has 3 rings (SSSR count). The Morgan fingerprint density at radius 2 is 1.96 bits per heavy atom. The van der Waals surface area contributed by atoms with E-state index in [9.17, 15) is 4.79 Å². The van der Waals surface area contributed by atoms with Crippen molar-refractivity contribution < 1.29 is 9.53 Å². The summed E-state index contributed by atoms with van der Waals surface area (Å²) in [5.74, 6) is 1.35. The van der Waals surface area contributed by atoms with E-state index in [1.54, 1.807) is 11.0 Å². The summed E-state index contributed by atoms with van der Waals surface area (Å²) in [4.78, 5) is 18.4. The quantitative estimate of drug-likeness (QED) is 0.697. The maximum absolute atomic E-state index is 12.3. The third-order valence-electron chi connectivity index (χ3n) is 3.87. The standard InChI is InChI=1S/C20H23N5O2/c1-4-27-18-10-8-15(9-11-18)12-19(26)22-16-6-5-7-17(13-16)25-14-21-20(23-25)24(2)3/h5-11,13-14H,4,12H2,1-3H3,(H,22,26). The first-order chi connectivity index (χ1) is 13.0. The van der Waals surface area contributed by atoms with Gasteiger partial charge in [0.15, 0.2) is 0 Å². The van der Waals surface area contributed by atoms with Gasteiger partial charge in [0.25, 0.3) is 0 Å². The van der Waals surface area contributed by atoms with Crippen LogP contribution in [0.25, 0.3) is 5.69 Å². The Morgan fingerprint density at radius 3 is 2.63 bits per heavy atom. The van der Waals surface area contributed by atoms with E-state index in [1.165, 1.54) is 0 Å². The highest BCUT2D eigenvalue weighted by atomic mass is 16.5. The summed E-state index contributed by atoms with van der Waals surface area (Å²) in [7, 11) is 3.77. The molecule has 0 aliphatic rings. The minimum Gasteiger partial charge on any atom is -0.494 e. The molecule has 1 N–H and O–H groups in total. The number of amides is 1. The molecule has 1 aromatic heterocycles. The van der Waals surface area contributed by atoms with Crippen LogP contribution in [0.5, 0.6) is 5.75 Å². The second-order valence-electron chi connectivity index (χ2n) is 6.24. The fraction of sp³-hybridized carbons (Fsp3) is 0.250. The SMILES string of the molecule is CCOc1ccc(CC(=O)Nc2cccc(-n3cnc(N(C)C)n3)c2)cc1. The fourth-order valence-corrected chi connectivity index (χ4v) is 2.57. The predicted molar refractivity (Wildman–Crippen MR) is 106 cm³/mol. The lowest BCUT2D eigenvalue weighted by atomic mass is 10.1. The van der Waals surface area contributed by atoms with Gasteiger partial charge in [-0.25, -0.2) is 4.68 Å². The molecule has 0 unspecified atom stereocenters. The Kier molecular flexibility index (Phi) is 5.71. The Balaban J connectivity index is 1.65. The number of hydrogen-bond donors (Lipinski definition) is 1. The van der Waals surface area contributed by atoms with Gasteiger partial charge in [0, 0.05) is 19.8 Å². The van der Waals surface area contributed by atoms with Gasteiger partial charge < -0.3 is 15.0 Å². The van der Waals surface area contributed by atoms with Gasteiger partial charge in [-0.05, 0) is 42.8 Å². The fourth-order valence-electron chi connectivity index (χ4n) is 2.57. The number of carbonyl (C=O) groups is 1. The molecular weight excluding hydrogens is 342 g/mol. The zero-order chi connectivity index (χ0) is 19.2. The highest BCUT2D eigenvalue weighted by Gasteiger charge is 2.08. The van der Waals surface area contributed by atoms with E-state index in [4.69, 9.17) is 4.74 Å². The van der Waals surface area contributed by atoms with Crippen LogP contribution in [0.4, 0.5) is 11.6 Å². The summed E-state index contributed by atoms with van der Waals surface area (Å²) in [6, 6.07) is 15.1. The highest BCUT2D eigenvalue weighted by Crippen LogP contribution is 2.16. The Bertz CT molecular complexity index is 903. The van der Waals surface area contributed by atoms with Crippen LogP contribution in [0.15, 0.2) is 54.9 Å². The normalized spacial score (nSPS) is 10.5. The van der Waals surface area contributed by atoms with Crippen molar-refractivity contribution in [1.82, 2.24) is 14.8 Å². The van der Waals surface area contributed by atoms with Gasteiger partial charge in [-0.3, -0.25) is 4.79 Å². The van der Waals surface area contributed by atoms with Gasteiger partial charge in [0.05, 0.1) is 18.7 Å². The lowest BCUT2D eigenvalue weighted by Gasteiger charge is -2.09. The van der Waals surface area contributed by atoms with Crippen LogP contribution in [0.3, 0.4) is 0 Å². The van der Waals surface area contributed by atoms with Crippen LogP contribution in [0, 0.1) is 0 Å². The average molecular weight is 365 g/mol. The minimum absolute atomic E-state index is 0.0797. The number of nitrogens with zero attached hydrogens (tertiary/aromatic N) is 4. The number of nitrogens with one attached hydrogen (secondary N) is 1. The number of benzene rings is 2. The maximum Gasteiger partial charge on any atom is 0.244 e. The molecule has 0 radical (unpaired) electrons. The summed E-state index contributed by atoms with van der Waals surface area (Å²) in [6.07, 6.45) is 1.95. The monoisotopic (exact) mass is 365 g/mol. The van der Waals surface area contributed by atoms with E-state index < -0.39 is 0 Å². The van der Waals surface area contributed by atoms with Crippen LogP contribution in [-0.4, -0.2) is 41.4 Å². The molecule has 0 aliphatic heterocycles. The van der Waals surface area contributed by atoms with E-state index in [0.29, 0.717) is 24.7 Å². The Hall–Kier alpha value is -3.35. The molecule has 0 bridgehead atoms. The van der Waals surface area contributed by atoms with Crippen molar-refractivity contribution >= 4 is 17.5 Å². The molecule has 0 spiro atoms. The molecule has 2 aromatic carbocycles. The van der Waals surface area contributed by atoms with Crippen LogP contribution in [0.2, 0.25) is 0 Å². The molecule has 7 heteroatoms. The molecule has 140 valence electrons. The summed E-state index contributed by atoms with van der Waals surface area (Å²) in [5.41, 5.74) is 2.47. The summed E-state index contributed by atoms with van der Waals surface area (Å²) in [6.45, 7) is 2.56. The smallest absolute Gasteiger partial charge is 0.244 e. The molecule has 0 saturated carbocycles. The lowest BCUT2D eigenvalue weighted by Crippen LogP contribution is -2.14. The van der Waals surface area contributed by atoms with Crippen molar-refractivity contribution in [2.45, 2.75) is 13.3 Å². The molecule has 3 aromatic rings. The van der Waals surface area contributed by atoms with E-state index in [2.05, 4.69) is 15.4 Å². The summed E-state index contributed by atoms with van der Waals surface area (Å²) >= 11 is 0. The van der Waals surface area contributed by atoms with Crippen LogP contribution in [0.1, 0.15) is 12.5 Å². The molecule has 0 atom stereocenters. The van der Waals surface area contributed by atoms with E-state index in [1.807, 2.05) is 74.4 Å². The zero-order valence-corrected chi connectivity index (χ0v) is 15.7. The largest absolute Gasteiger partial charge is 0.494 e. The lowest BCUT2D eigenvalue weighted by molar-refractivity contribution is -0.115. The Labute approximate surface area is 158 Å². The number of hydrogen-bond acceptors (Lipinski definition) is 5. The first kappa shape index (κ1) is 18.4. The van der Waals surface area contributed by atoms with Gasteiger partial charge in [0.1, 0.15) is 12.1 Å². The van der Waals surface area contributed by atoms with E-state index >= 15 is 0 Å². The van der Waals surface area contributed by atoms with Crippen LogP contribution < -0.4 is 15.0 Å². The Morgan fingerprint density at radius 1 is 1.19 bits per heavy atom. The van der Waals surface area contributed by atoms with Gasteiger partial charge in [-0.1, -0.05) is 18.2 Å². The van der Waals surface area contributed by atoms with E-state index in [0.717, 1.165) is 17.0 Å². The van der Waals surface area contributed by atoms with E-state index in [-0.39, 0.29) is 5.91 Å². The molecule has 0 fully saturated rings. The molecule has 0 aliphatic carbocycles. The van der Waals surface area contributed by atoms with Crippen molar-refractivity contribution in [3.8, 4) is 11.4 Å². The molecule has 0 saturated heterocycles. The molecule has 27 heavy (non-hydrogen) atoms. The predicted octanol–water partition coefficient (Wildman–Crippen LogP) is 2.91. The van der Waals surface area contributed by atoms with Crippen LogP contribution >= 0.6 is 0 Å². The first-order valence-corrected chi connectivity index (χ1v) is 8.76. The molecule has 7 nitrogen and oxygen atoms in total. The second-order valence-corrected chi connectivity index (χ2v) is 6.24. The number of carbonyl (C=O) groups excluding carboxylic acids is 1. The first-order valence-electron chi connectivity index (χ1n) is 8.76. The maximum atomic E-state index is 12.3. The zero-order valence-electron chi connectivity index (χ0n) is 15.7. The third-order valence-corrected chi connectivity index (χ3v) is 3.87.